The molecule has 3 aromatic rings. The third-order valence-corrected chi connectivity index (χ3v) is 5.28. The maximum atomic E-state index is 5.64. The number of benzene rings is 2. The molecule has 26 heavy (non-hydrogen) atoms. The lowest BCUT2D eigenvalue weighted by Crippen LogP contribution is -3.10. The van der Waals surface area contributed by atoms with Gasteiger partial charge < -0.3 is 24.1 Å². The predicted octanol–water partition coefficient (Wildman–Crippen LogP) is 2.33. The number of quaternary nitrogens is 1. The van der Waals surface area contributed by atoms with Crippen LogP contribution in [0.15, 0.2) is 36.4 Å². The van der Waals surface area contributed by atoms with E-state index in [4.69, 9.17) is 14.2 Å². The second-order valence-electron chi connectivity index (χ2n) is 6.72. The van der Waals surface area contributed by atoms with Gasteiger partial charge in [-0.2, -0.15) is 0 Å². The average Bonchev–Trinajstić information content (AvgIpc) is 3.05. The number of rotatable bonds is 5. The molecule has 136 valence electrons. The maximum Gasteiger partial charge on any atom is 0.203 e. The van der Waals surface area contributed by atoms with Crippen LogP contribution in [-0.2, 0) is 19.5 Å². The minimum absolute atomic E-state index is 0.662. The van der Waals surface area contributed by atoms with Crippen LogP contribution in [0.1, 0.15) is 16.8 Å². The van der Waals surface area contributed by atoms with E-state index in [9.17, 15) is 0 Å². The zero-order valence-corrected chi connectivity index (χ0v) is 15.5. The number of ether oxygens (including phenoxy) is 3. The first-order valence-corrected chi connectivity index (χ1v) is 8.95. The molecule has 1 atom stereocenters. The lowest BCUT2D eigenvalue weighted by Gasteiger charge is -2.25. The molecule has 5 nitrogen and oxygen atoms in total. The highest BCUT2D eigenvalue weighted by Crippen LogP contribution is 2.39. The molecule has 1 aliphatic rings. The van der Waals surface area contributed by atoms with Gasteiger partial charge in [0.15, 0.2) is 11.5 Å². The Kier molecular flexibility index (Phi) is 4.47. The van der Waals surface area contributed by atoms with E-state index in [1.54, 1.807) is 21.3 Å². The zero-order valence-electron chi connectivity index (χ0n) is 15.5. The number of para-hydroxylation sites is 1. The average molecular weight is 353 g/mol. The molecule has 0 fully saturated rings. The number of H-pyrrole nitrogens is 1. The van der Waals surface area contributed by atoms with Crippen LogP contribution in [0.2, 0.25) is 0 Å². The maximum absolute atomic E-state index is 5.64. The van der Waals surface area contributed by atoms with E-state index in [2.05, 4.69) is 35.3 Å². The largest absolute Gasteiger partial charge is 0.493 e. The summed E-state index contributed by atoms with van der Waals surface area (Å²) < 4.78 is 16.5. The summed E-state index contributed by atoms with van der Waals surface area (Å²) in [6.07, 6.45) is 1.09. The molecule has 0 aliphatic carbocycles. The Labute approximate surface area is 153 Å². The molecule has 0 radical (unpaired) electrons. The van der Waals surface area contributed by atoms with Gasteiger partial charge in [-0.25, -0.2) is 0 Å². The van der Waals surface area contributed by atoms with E-state index < -0.39 is 0 Å². The van der Waals surface area contributed by atoms with E-state index in [1.807, 2.05) is 6.07 Å². The molecule has 0 saturated heterocycles. The molecular formula is C21H25N2O3+. The van der Waals surface area contributed by atoms with E-state index in [0.29, 0.717) is 11.5 Å². The Bertz CT molecular complexity index is 932. The quantitative estimate of drug-likeness (QED) is 0.740. The monoisotopic (exact) mass is 353 g/mol. The van der Waals surface area contributed by atoms with Crippen LogP contribution >= 0.6 is 0 Å². The highest BCUT2D eigenvalue weighted by atomic mass is 16.5. The summed E-state index contributed by atoms with van der Waals surface area (Å²) >= 11 is 0. The number of methoxy groups -OCH3 is 3. The summed E-state index contributed by atoms with van der Waals surface area (Å²) in [4.78, 5) is 5.11. The van der Waals surface area contributed by atoms with Gasteiger partial charge in [0.05, 0.1) is 39.1 Å². The van der Waals surface area contributed by atoms with Crippen molar-refractivity contribution in [2.24, 2.45) is 0 Å². The molecule has 5 heteroatoms. The van der Waals surface area contributed by atoms with E-state index in [0.717, 1.165) is 37.4 Å². The first kappa shape index (κ1) is 16.8. The molecule has 0 spiro atoms. The fourth-order valence-electron chi connectivity index (χ4n) is 4.06. The molecule has 2 N–H and O–H groups in total. The molecule has 4 rings (SSSR count). The van der Waals surface area contributed by atoms with Crippen molar-refractivity contribution >= 4 is 10.9 Å². The minimum atomic E-state index is 0.662. The lowest BCUT2D eigenvalue weighted by molar-refractivity contribution is -0.929. The Morgan fingerprint density at radius 1 is 0.962 bits per heavy atom. The van der Waals surface area contributed by atoms with Crippen molar-refractivity contribution in [2.75, 3.05) is 27.9 Å². The Morgan fingerprint density at radius 3 is 2.54 bits per heavy atom. The van der Waals surface area contributed by atoms with Crippen LogP contribution in [0.3, 0.4) is 0 Å². The molecule has 2 aromatic carbocycles. The number of aromatic nitrogens is 1. The molecule has 1 unspecified atom stereocenters. The molecular weight excluding hydrogens is 328 g/mol. The van der Waals surface area contributed by atoms with Crippen molar-refractivity contribution in [3.63, 3.8) is 0 Å². The van der Waals surface area contributed by atoms with E-state index in [-0.39, 0.29) is 0 Å². The van der Waals surface area contributed by atoms with Gasteiger partial charge in [-0.15, -0.1) is 0 Å². The lowest BCUT2D eigenvalue weighted by atomic mass is 10.0. The van der Waals surface area contributed by atoms with E-state index in [1.165, 1.54) is 27.1 Å². The molecule has 1 aliphatic heterocycles. The van der Waals surface area contributed by atoms with E-state index >= 15 is 0 Å². The summed E-state index contributed by atoms with van der Waals surface area (Å²) in [6, 6.07) is 12.6. The van der Waals surface area contributed by atoms with Crippen molar-refractivity contribution in [2.45, 2.75) is 19.5 Å². The van der Waals surface area contributed by atoms with Crippen LogP contribution in [0, 0.1) is 0 Å². The number of hydrogen-bond donors (Lipinski definition) is 2. The summed E-state index contributed by atoms with van der Waals surface area (Å²) in [7, 11) is 4.97. The second-order valence-corrected chi connectivity index (χ2v) is 6.72. The Morgan fingerprint density at radius 2 is 1.77 bits per heavy atom. The first-order valence-electron chi connectivity index (χ1n) is 8.95. The van der Waals surface area contributed by atoms with Crippen LogP contribution in [0.5, 0.6) is 17.2 Å². The third kappa shape index (κ3) is 2.78. The predicted molar refractivity (Wildman–Crippen MR) is 101 cm³/mol. The highest BCUT2D eigenvalue weighted by Gasteiger charge is 2.25. The van der Waals surface area contributed by atoms with Gasteiger partial charge in [0.25, 0.3) is 0 Å². The van der Waals surface area contributed by atoms with Gasteiger partial charge in [-0.05, 0) is 23.8 Å². The van der Waals surface area contributed by atoms with Crippen LogP contribution < -0.4 is 19.1 Å². The topological polar surface area (TPSA) is 47.9 Å². The SMILES string of the molecule is COc1ccc(C[NH+]2CCc3c([nH]c4ccccc34)C2)c(OC)c1OC. The van der Waals surface area contributed by atoms with Crippen molar-refractivity contribution in [1.82, 2.24) is 4.98 Å². The zero-order chi connectivity index (χ0) is 18.1. The third-order valence-electron chi connectivity index (χ3n) is 5.28. The summed E-state index contributed by atoms with van der Waals surface area (Å²) in [5, 5.41) is 1.37. The van der Waals surface area contributed by atoms with Crippen molar-refractivity contribution < 1.29 is 19.1 Å². The van der Waals surface area contributed by atoms with Crippen LogP contribution in [0.4, 0.5) is 0 Å². The first-order chi connectivity index (χ1) is 12.7. The fourth-order valence-corrected chi connectivity index (χ4v) is 4.06. The molecule has 0 amide bonds. The normalized spacial score (nSPS) is 16.3. The second kappa shape index (κ2) is 6.92. The molecule has 1 aromatic heterocycles. The van der Waals surface area contributed by atoms with Crippen LogP contribution in [0.25, 0.3) is 10.9 Å². The van der Waals surface area contributed by atoms with Crippen molar-refractivity contribution in [3.05, 3.63) is 53.2 Å². The number of aromatic amines is 1. The smallest absolute Gasteiger partial charge is 0.203 e. The highest BCUT2D eigenvalue weighted by molar-refractivity contribution is 5.84. The van der Waals surface area contributed by atoms with Crippen molar-refractivity contribution in [1.29, 1.82) is 0 Å². The summed E-state index contributed by atoms with van der Waals surface area (Å²) in [5.41, 5.74) is 5.21. The minimum Gasteiger partial charge on any atom is -0.493 e. The Balaban J connectivity index is 1.61. The standard InChI is InChI=1S/C21H24N2O3/c1-24-19-9-8-14(20(25-2)21(19)26-3)12-23-11-10-16-15-6-4-5-7-17(15)22-18(16)13-23/h4-9,22H,10-13H2,1-3H3/p+1. The van der Waals surface area contributed by atoms with Gasteiger partial charge >= 0.3 is 0 Å². The Hall–Kier alpha value is -2.66. The fraction of sp³-hybridized carbons (Fsp3) is 0.333. The molecule has 2 heterocycles. The number of hydrogen-bond acceptors (Lipinski definition) is 3. The van der Waals surface area contributed by atoms with Crippen LogP contribution in [-0.4, -0.2) is 32.9 Å². The number of nitrogens with one attached hydrogen (secondary N) is 2. The molecule has 0 saturated carbocycles. The molecule has 0 bridgehead atoms. The van der Waals surface area contributed by atoms with Gasteiger partial charge in [-0.3, -0.25) is 0 Å². The van der Waals surface area contributed by atoms with Gasteiger partial charge in [-0.1, -0.05) is 18.2 Å². The van der Waals surface area contributed by atoms with Gasteiger partial charge in [0.1, 0.15) is 13.1 Å². The summed E-state index contributed by atoms with van der Waals surface area (Å²) in [5.74, 6) is 2.12. The van der Waals surface area contributed by atoms with Gasteiger partial charge in [0.2, 0.25) is 5.75 Å². The van der Waals surface area contributed by atoms with Crippen molar-refractivity contribution in [3.8, 4) is 17.2 Å². The number of fused-ring (bicyclic) bond motifs is 3. The summed E-state index contributed by atoms with van der Waals surface area (Å²) in [6.45, 7) is 2.98. The van der Waals surface area contributed by atoms with Gasteiger partial charge in [0, 0.05) is 17.3 Å².